The van der Waals surface area contributed by atoms with Crippen LogP contribution >= 0.6 is 0 Å². The zero-order valence-corrected chi connectivity index (χ0v) is 12.4. The first-order chi connectivity index (χ1) is 9.60. The fraction of sp³-hybridized carbons (Fsp3) is 0.533. The Bertz CT molecular complexity index is 501. The number of fused-ring (bicyclic) bond motifs is 1. The summed E-state index contributed by atoms with van der Waals surface area (Å²) in [6.07, 6.45) is 0.886. The van der Waals surface area contributed by atoms with Crippen LogP contribution < -0.4 is 9.47 Å². The molecule has 0 fully saturated rings. The van der Waals surface area contributed by atoms with E-state index in [0.717, 1.165) is 24.5 Å². The number of hydrogen-bond acceptors (Lipinski definition) is 5. The first-order valence-corrected chi connectivity index (χ1v) is 6.66. The second-order valence-corrected chi connectivity index (χ2v) is 4.90. The monoisotopic (exact) mass is 279 g/mol. The molecule has 0 amide bonds. The Balaban J connectivity index is 2.23. The van der Waals surface area contributed by atoms with Crippen LogP contribution in [0.2, 0.25) is 0 Å². The zero-order valence-electron chi connectivity index (χ0n) is 12.4. The standard InChI is InChI=1S/C15H21NO4/c1-10(15(17)20-4)16-6-5-11-7-13(18-2)14(19-3)8-12(11)9-16/h7-8,10H,5-6,9H2,1-4H3/t10-/m0/s1. The molecule has 0 saturated heterocycles. The highest BCUT2D eigenvalue weighted by atomic mass is 16.5. The van der Waals surface area contributed by atoms with Gasteiger partial charge in [-0.25, -0.2) is 0 Å². The third-order valence-corrected chi connectivity index (χ3v) is 3.84. The third kappa shape index (κ3) is 2.72. The van der Waals surface area contributed by atoms with Crippen LogP contribution in [0.3, 0.4) is 0 Å². The largest absolute Gasteiger partial charge is 0.493 e. The highest BCUT2D eigenvalue weighted by molar-refractivity contribution is 5.75. The van der Waals surface area contributed by atoms with E-state index in [2.05, 4.69) is 4.90 Å². The molecule has 1 aromatic carbocycles. The Labute approximate surface area is 119 Å². The van der Waals surface area contributed by atoms with E-state index in [1.54, 1.807) is 14.2 Å². The van der Waals surface area contributed by atoms with Gasteiger partial charge in [-0.1, -0.05) is 0 Å². The molecule has 0 bridgehead atoms. The van der Waals surface area contributed by atoms with Crippen molar-refractivity contribution in [3.63, 3.8) is 0 Å². The van der Waals surface area contributed by atoms with Crippen molar-refractivity contribution in [1.29, 1.82) is 0 Å². The van der Waals surface area contributed by atoms with Gasteiger partial charge in [-0.05, 0) is 36.6 Å². The van der Waals surface area contributed by atoms with Gasteiger partial charge in [0.15, 0.2) is 11.5 Å². The summed E-state index contributed by atoms with van der Waals surface area (Å²) in [6.45, 7) is 3.42. The van der Waals surface area contributed by atoms with Crippen molar-refractivity contribution in [3.8, 4) is 11.5 Å². The first kappa shape index (κ1) is 14.7. The summed E-state index contributed by atoms with van der Waals surface area (Å²) >= 11 is 0. The fourth-order valence-corrected chi connectivity index (χ4v) is 2.56. The van der Waals surface area contributed by atoms with Crippen LogP contribution in [0.4, 0.5) is 0 Å². The van der Waals surface area contributed by atoms with Crippen molar-refractivity contribution in [2.24, 2.45) is 0 Å². The molecule has 0 unspecified atom stereocenters. The first-order valence-electron chi connectivity index (χ1n) is 6.66. The van der Waals surface area contributed by atoms with E-state index in [-0.39, 0.29) is 12.0 Å². The van der Waals surface area contributed by atoms with E-state index in [0.29, 0.717) is 6.54 Å². The average molecular weight is 279 g/mol. The van der Waals surface area contributed by atoms with Crippen LogP contribution in [0.5, 0.6) is 11.5 Å². The van der Waals surface area contributed by atoms with Gasteiger partial charge >= 0.3 is 5.97 Å². The van der Waals surface area contributed by atoms with Gasteiger partial charge in [0.1, 0.15) is 6.04 Å². The third-order valence-electron chi connectivity index (χ3n) is 3.84. The second kappa shape index (κ2) is 6.13. The van der Waals surface area contributed by atoms with Crippen molar-refractivity contribution in [1.82, 2.24) is 4.90 Å². The van der Waals surface area contributed by atoms with Gasteiger partial charge in [0, 0.05) is 13.1 Å². The highest BCUT2D eigenvalue weighted by Gasteiger charge is 2.26. The molecule has 0 radical (unpaired) electrons. The van der Waals surface area contributed by atoms with E-state index < -0.39 is 0 Å². The Kier molecular flexibility index (Phi) is 4.49. The molecule has 1 atom stereocenters. The Morgan fingerprint density at radius 2 is 1.75 bits per heavy atom. The van der Waals surface area contributed by atoms with Gasteiger partial charge < -0.3 is 14.2 Å². The molecule has 0 saturated carbocycles. The van der Waals surface area contributed by atoms with Crippen LogP contribution in [0, 0.1) is 0 Å². The Morgan fingerprint density at radius 3 is 2.30 bits per heavy atom. The molecule has 5 nitrogen and oxygen atoms in total. The van der Waals surface area contributed by atoms with Gasteiger partial charge in [0.2, 0.25) is 0 Å². The maximum Gasteiger partial charge on any atom is 0.322 e. The number of ether oxygens (including phenoxy) is 3. The quantitative estimate of drug-likeness (QED) is 0.784. The van der Waals surface area contributed by atoms with Gasteiger partial charge in [-0.2, -0.15) is 0 Å². The lowest BCUT2D eigenvalue weighted by atomic mass is 9.97. The zero-order chi connectivity index (χ0) is 14.7. The minimum absolute atomic E-state index is 0.200. The number of methoxy groups -OCH3 is 3. The number of rotatable bonds is 4. The maximum atomic E-state index is 11.6. The number of hydrogen-bond donors (Lipinski definition) is 0. The van der Waals surface area contributed by atoms with E-state index >= 15 is 0 Å². The SMILES string of the molecule is COC(=O)[C@H](C)N1CCc2cc(OC)c(OC)cc2C1. The summed E-state index contributed by atoms with van der Waals surface area (Å²) in [6, 6.07) is 3.78. The molecule has 110 valence electrons. The van der Waals surface area contributed by atoms with Crippen LogP contribution in [0.15, 0.2) is 12.1 Å². The lowest BCUT2D eigenvalue weighted by Crippen LogP contribution is -2.42. The van der Waals surface area contributed by atoms with E-state index in [9.17, 15) is 4.79 Å². The smallest absolute Gasteiger partial charge is 0.322 e. The molecule has 0 aromatic heterocycles. The van der Waals surface area contributed by atoms with Crippen molar-refractivity contribution < 1.29 is 19.0 Å². The summed E-state index contributed by atoms with van der Waals surface area (Å²) in [7, 11) is 4.69. The lowest BCUT2D eigenvalue weighted by molar-refractivity contribution is -0.146. The summed E-state index contributed by atoms with van der Waals surface area (Å²) in [5.74, 6) is 1.27. The van der Waals surface area contributed by atoms with E-state index in [4.69, 9.17) is 14.2 Å². The average Bonchev–Trinajstić information content (AvgIpc) is 2.51. The van der Waals surface area contributed by atoms with E-state index in [1.807, 2.05) is 19.1 Å². The summed E-state index contributed by atoms with van der Waals surface area (Å²) in [5.41, 5.74) is 2.42. The molecular formula is C15H21NO4. The van der Waals surface area contributed by atoms with Gasteiger partial charge in [-0.15, -0.1) is 0 Å². The molecule has 0 aliphatic carbocycles. The minimum Gasteiger partial charge on any atom is -0.493 e. The molecule has 0 N–H and O–H groups in total. The summed E-state index contributed by atoms with van der Waals surface area (Å²) < 4.78 is 15.5. The van der Waals surface area contributed by atoms with Gasteiger partial charge in [0.25, 0.3) is 0 Å². The molecule has 1 aliphatic heterocycles. The van der Waals surface area contributed by atoms with Crippen LogP contribution in [0.1, 0.15) is 18.1 Å². The molecule has 1 aliphatic rings. The Morgan fingerprint density at radius 1 is 1.15 bits per heavy atom. The van der Waals surface area contributed by atoms with Crippen LogP contribution in [-0.4, -0.2) is 44.8 Å². The predicted octanol–water partition coefficient (Wildman–Crippen LogP) is 1.62. The molecule has 2 rings (SSSR count). The molecule has 20 heavy (non-hydrogen) atoms. The normalized spacial score (nSPS) is 16.2. The van der Waals surface area contributed by atoms with Crippen LogP contribution in [-0.2, 0) is 22.5 Å². The second-order valence-electron chi connectivity index (χ2n) is 4.90. The Hall–Kier alpha value is -1.75. The maximum absolute atomic E-state index is 11.6. The van der Waals surface area contributed by atoms with E-state index in [1.165, 1.54) is 18.2 Å². The molecule has 1 aromatic rings. The van der Waals surface area contributed by atoms with Crippen molar-refractivity contribution in [2.75, 3.05) is 27.9 Å². The fourth-order valence-electron chi connectivity index (χ4n) is 2.56. The van der Waals surface area contributed by atoms with Gasteiger partial charge in [0.05, 0.1) is 21.3 Å². The number of carbonyl (C=O) groups is 1. The lowest BCUT2D eigenvalue weighted by Gasteiger charge is -2.32. The van der Waals surface area contributed by atoms with Gasteiger partial charge in [-0.3, -0.25) is 9.69 Å². The minimum atomic E-state index is -0.235. The summed E-state index contributed by atoms with van der Waals surface area (Å²) in [5, 5.41) is 0. The summed E-state index contributed by atoms with van der Waals surface area (Å²) in [4.78, 5) is 13.7. The molecule has 0 spiro atoms. The van der Waals surface area contributed by atoms with Crippen molar-refractivity contribution >= 4 is 5.97 Å². The topological polar surface area (TPSA) is 48.0 Å². The van der Waals surface area contributed by atoms with Crippen molar-refractivity contribution in [3.05, 3.63) is 23.3 Å². The number of nitrogens with zero attached hydrogens (tertiary/aromatic N) is 1. The highest BCUT2D eigenvalue weighted by Crippen LogP contribution is 2.33. The number of esters is 1. The number of benzene rings is 1. The molecular weight excluding hydrogens is 258 g/mol. The molecule has 5 heteroatoms. The molecule has 1 heterocycles. The number of carbonyl (C=O) groups excluding carboxylic acids is 1. The predicted molar refractivity (Wildman–Crippen MR) is 75.1 cm³/mol. The van der Waals surface area contributed by atoms with Crippen LogP contribution in [0.25, 0.3) is 0 Å². The van der Waals surface area contributed by atoms with Crippen molar-refractivity contribution in [2.45, 2.75) is 25.9 Å².